The second-order valence-corrected chi connectivity index (χ2v) is 5.50. The Morgan fingerprint density at radius 2 is 1.50 bits per heavy atom. The van der Waals surface area contributed by atoms with Crippen molar-refractivity contribution in [2.75, 3.05) is 14.2 Å². The average Bonchev–Trinajstić information content (AvgIpc) is 2.47. The van der Waals surface area contributed by atoms with Gasteiger partial charge < -0.3 is 15.2 Å². The smallest absolute Gasteiger partial charge is 0.132 e. The molecule has 2 aromatic rings. The molecule has 2 N–H and O–H groups in total. The molecule has 0 spiro atoms. The fourth-order valence-corrected chi connectivity index (χ4v) is 3.24. The van der Waals surface area contributed by atoms with Gasteiger partial charge >= 0.3 is 0 Å². The highest BCUT2D eigenvalue weighted by Gasteiger charge is 2.15. The summed E-state index contributed by atoms with van der Waals surface area (Å²) in [4.78, 5) is 2.15. The Kier molecular flexibility index (Phi) is 4.93. The summed E-state index contributed by atoms with van der Waals surface area (Å²) in [6, 6.07) is 13.8. The molecule has 0 saturated carbocycles. The van der Waals surface area contributed by atoms with Crippen LogP contribution in [0.2, 0.25) is 0 Å². The number of hydrogen-bond acceptors (Lipinski definition) is 4. The number of ether oxygens (including phenoxy) is 2. The molecule has 1 atom stereocenters. The maximum absolute atomic E-state index is 6.09. The van der Waals surface area contributed by atoms with Gasteiger partial charge in [0.1, 0.15) is 11.5 Å². The van der Waals surface area contributed by atoms with Crippen molar-refractivity contribution < 1.29 is 9.47 Å². The van der Waals surface area contributed by atoms with Gasteiger partial charge in [-0.3, -0.25) is 0 Å². The van der Waals surface area contributed by atoms with Gasteiger partial charge in [-0.15, -0.1) is 0 Å². The molecule has 0 saturated heterocycles. The molecule has 0 bridgehead atoms. The summed E-state index contributed by atoms with van der Waals surface area (Å²) in [5, 5.41) is 0. The van der Waals surface area contributed by atoms with Crippen molar-refractivity contribution in [1.82, 2.24) is 0 Å². The van der Waals surface area contributed by atoms with Gasteiger partial charge in [-0.05, 0) is 31.2 Å². The molecule has 0 aliphatic carbocycles. The fourth-order valence-electron chi connectivity index (χ4n) is 2.06. The Hall–Kier alpha value is -1.65. The highest BCUT2D eigenvalue weighted by molar-refractivity contribution is 7.99. The maximum Gasteiger partial charge on any atom is 0.132 e. The minimum absolute atomic E-state index is 0.0941. The third kappa shape index (κ3) is 3.08. The van der Waals surface area contributed by atoms with E-state index in [0.717, 1.165) is 26.9 Å². The van der Waals surface area contributed by atoms with E-state index in [0.29, 0.717) is 0 Å². The first-order chi connectivity index (χ1) is 9.67. The second-order valence-electron chi connectivity index (χ2n) is 4.41. The zero-order chi connectivity index (χ0) is 14.5. The van der Waals surface area contributed by atoms with Gasteiger partial charge in [-0.1, -0.05) is 30.0 Å². The number of rotatable bonds is 5. The van der Waals surface area contributed by atoms with Crippen LogP contribution in [0.4, 0.5) is 0 Å². The summed E-state index contributed by atoms with van der Waals surface area (Å²) >= 11 is 1.64. The second kappa shape index (κ2) is 6.68. The van der Waals surface area contributed by atoms with Gasteiger partial charge in [0.25, 0.3) is 0 Å². The molecule has 2 aromatic carbocycles. The Bertz CT molecular complexity index is 584. The summed E-state index contributed by atoms with van der Waals surface area (Å²) in [5.41, 5.74) is 7.11. The standard InChI is InChI=1S/C16H19NO2S/c1-11(17)16-13(19-3)8-6-10-15(16)20-14-9-5-4-7-12(14)18-2/h4-11H,17H2,1-3H3/t11-/m0/s1. The molecule has 4 heteroatoms. The molecular formula is C16H19NO2S. The third-order valence-corrected chi connectivity index (χ3v) is 4.12. The third-order valence-electron chi connectivity index (χ3n) is 2.99. The number of benzene rings is 2. The zero-order valence-electron chi connectivity index (χ0n) is 11.9. The van der Waals surface area contributed by atoms with Crippen molar-refractivity contribution in [3.63, 3.8) is 0 Å². The lowest BCUT2D eigenvalue weighted by Gasteiger charge is -2.17. The van der Waals surface area contributed by atoms with E-state index in [1.54, 1.807) is 26.0 Å². The molecule has 3 nitrogen and oxygen atoms in total. The largest absolute Gasteiger partial charge is 0.496 e. The lowest BCUT2D eigenvalue weighted by Crippen LogP contribution is -2.08. The summed E-state index contributed by atoms with van der Waals surface area (Å²) in [6.07, 6.45) is 0. The Labute approximate surface area is 124 Å². The first-order valence-electron chi connectivity index (χ1n) is 6.40. The van der Waals surface area contributed by atoms with E-state index in [4.69, 9.17) is 15.2 Å². The molecule has 0 aromatic heterocycles. The van der Waals surface area contributed by atoms with Crippen LogP contribution in [-0.2, 0) is 0 Å². The fraction of sp³-hybridized carbons (Fsp3) is 0.250. The quantitative estimate of drug-likeness (QED) is 0.907. The van der Waals surface area contributed by atoms with Crippen molar-refractivity contribution in [1.29, 1.82) is 0 Å². The van der Waals surface area contributed by atoms with Crippen molar-refractivity contribution in [3.05, 3.63) is 48.0 Å². The topological polar surface area (TPSA) is 44.5 Å². The van der Waals surface area contributed by atoms with Crippen LogP contribution in [0.25, 0.3) is 0 Å². The molecule has 20 heavy (non-hydrogen) atoms. The van der Waals surface area contributed by atoms with E-state index < -0.39 is 0 Å². The van der Waals surface area contributed by atoms with E-state index in [-0.39, 0.29) is 6.04 Å². The predicted molar refractivity (Wildman–Crippen MR) is 82.7 cm³/mol. The normalized spacial score (nSPS) is 12.0. The van der Waals surface area contributed by atoms with Crippen LogP contribution >= 0.6 is 11.8 Å². The highest BCUT2D eigenvalue weighted by atomic mass is 32.2. The molecule has 0 unspecified atom stereocenters. The van der Waals surface area contributed by atoms with Crippen LogP contribution in [0, 0.1) is 0 Å². The van der Waals surface area contributed by atoms with E-state index >= 15 is 0 Å². The summed E-state index contributed by atoms with van der Waals surface area (Å²) in [6.45, 7) is 1.96. The molecular weight excluding hydrogens is 270 g/mol. The van der Waals surface area contributed by atoms with Crippen LogP contribution in [0.3, 0.4) is 0 Å². The highest BCUT2D eigenvalue weighted by Crippen LogP contribution is 2.40. The minimum Gasteiger partial charge on any atom is -0.496 e. The molecule has 0 aliphatic heterocycles. The van der Waals surface area contributed by atoms with Crippen molar-refractivity contribution >= 4 is 11.8 Å². The SMILES string of the molecule is COc1ccccc1Sc1cccc(OC)c1[C@H](C)N. The molecule has 0 radical (unpaired) electrons. The van der Waals surface area contributed by atoms with Gasteiger partial charge in [-0.25, -0.2) is 0 Å². The van der Waals surface area contributed by atoms with Gasteiger partial charge in [0, 0.05) is 16.5 Å². The van der Waals surface area contributed by atoms with Gasteiger partial charge in [0.05, 0.1) is 19.1 Å². The average molecular weight is 289 g/mol. The number of hydrogen-bond donors (Lipinski definition) is 1. The van der Waals surface area contributed by atoms with Crippen molar-refractivity contribution in [2.24, 2.45) is 5.73 Å². The summed E-state index contributed by atoms with van der Waals surface area (Å²) < 4.78 is 10.8. The van der Waals surface area contributed by atoms with Gasteiger partial charge in [0.2, 0.25) is 0 Å². The number of methoxy groups -OCH3 is 2. The van der Waals surface area contributed by atoms with Crippen LogP contribution in [0.15, 0.2) is 52.3 Å². The Morgan fingerprint density at radius 1 is 0.900 bits per heavy atom. The van der Waals surface area contributed by atoms with Crippen LogP contribution < -0.4 is 15.2 Å². The van der Waals surface area contributed by atoms with Crippen LogP contribution in [0.1, 0.15) is 18.5 Å². The van der Waals surface area contributed by atoms with Crippen LogP contribution in [-0.4, -0.2) is 14.2 Å². The lowest BCUT2D eigenvalue weighted by molar-refractivity contribution is 0.403. The van der Waals surface area contributed by atoms with E-state index in [9.17, 15) is 0 Å². The van der Waals surface area contributed by atoms with Crippen molar-refractivity contribution in [2.45, 2.75) is 22.8 Å². The molecule has 0 aliphatic rings. The first kappa shape index (κ1) is 14.8. The van der Waals surface area contributed by atoms with Gasteiger partial charge in [-0.2, -0.15) is 0 Å². The predicted octanol–water partition coefficient (Wildman–Crippen LogP) is 3.87. The monoisotopic (exact) mass is 289 g/mol. The van der Waals surface area contributed by atoms with E-state index in [2.05, 4.69) is 6.07 Å². The summed E-state index contributed by atoms with van der Waals surface area (Å²) in [7, 11) is 3.34. The molecule has 0 amide bonds. The molecule has 106 valence electrons. The zero-order valence-corrected chi connectivity index (χ0v) is 12.7. The van der Waals surface area contributed by atoms with Gasteiger partial charge in [0.15, 0.2) is 0 Å². The molecule has 0 heterocycles. The van der Waals surface area contributed by atoms with Crippen molar-refractivity contribution in [3.8, 4) is 11.5 Å². The Balaban J connectivity index is 2.43. The van der Waals surface area contributed by atoms with Crippen LogP contribution in [0.5, 0.6) is 11.5 Å². The molecule has 2 rings (SSSR count). The number of para-hydroxylation sites is 1. The summed E-state index contributed by atoms with van der Waals surface area (Å²) in [5.74, 6) is 1.68. The Morgan fingerprint density at radius 3 is 2.15 bits per heavy atom. The van der Waals surface area contributed by atoms with E-state index in [1.807, 2.05) is 43.3 Å². The lowest BCUT2D eigenvalue weighted by atomic mass is 10.1. The first-order valence-corrected chi connectivity index (χ1v) is 7.22. The maximum atomic E-state index is 6.09. The molecule has 0 fully saturated rings. The minimum atomic E-state index is -0.0941. The number of nitrogens with two attached hydrogens (primary N) is 1. The van der Waals surface area contributed by atoms with E-state index in [1.165, 1.54) is 0 Å².